The molecule has 0 aliphatic heterocycles. The molecule has 1 atom stereocenters. The lowest BCUT2D eigenvalue weighted by atomic mass is 10.2. The van der Waals surface area contributed by atoms with Crippen molar-refractivity contribution < 1.29 is 27.8 Å². The number of esters is 1. The van der Waals surface area contributed by atoms with Gasteiger partial charge in [-0.2, -0.15) is 8.78 Å². The number of carbonyl (C=O) groups excluding carboxylic acids is 2. The van der Waals surface area contributed by atoms with E-state index in [-0.39, 0.29) is 5.75 Å². The third-order valence-corrected chi connectivity index (χ3v) is 3.75. The fourth-order valence-corrected chi connectivity index (χ4v) is 2.59. The Kier molecular flexibility index (Phi) is 7.78. The van der Waals surface area contributed by atoms with Crippen molar-refractivity contribution in [2.75, 3.05) is 5.32 Å². The van der Waals surface area contributed by atoms with Gasteiger partial charge in [-0.15, -0.1) is 0 Å². The fraction of sp³-hybridized carbons (Fsp3) is 0.158. The van der Waals surface area contributed by atoms with Crippen molar-refractivity contribution in [2.24, 2.45) is 0 Å². The van der Waals surface area contributed by atoms with E-state index < -0.39 is 24.6 Å². The molecule has 0 aliphatic carbocycles. The van der Waals surface area contributed by atoms with Crippen molar-refractivity contribution in [1.29, 1.82) is 0 Å². The molecule has 0 aromatic heterocycles. The van der Waals surface area contributed by atoms with Gasteiger partial charge in [0.25, 0.3) is 5.91 Å². The van der Waals surface area contributed by atoms with Crippen LogP contribution < -0.4 is 10.1 Å². The highest BCUT2D eigenvalue weighted by Gasteiger charge is 2.17. The van der Waals surface area contributed by atoms with Crippen molar-refractivity contribution in [3.05, 3.63) is 64.1 Å². The van der Waals surface area contributed by atoms with Crippen molar-refractivity contribution in [3.63, 3.8) is 0 Å². The predicted octanol–water partition coefficient (Wildman–Crippen LogP) is 5.18. The molecule has 1 N–H and O–H groups in total. The Morgan fingerprint density at radius 1 is 1.07 bits per heavy atom. The van der Waals surface area contributed by atoms with E-state index >= 15 is 0 Å². The molecular weight excluding hydrogens is 415 g/mol. The minimum atomic E-state index is -2.91. The number of halogens is 4. The van der Waals surface area contributed by atoms with Crippen LogP contribution in [0.2, 0.25) is 10.0 Å². The number of hydrogen-bond acceptors (Lipinski definition) is 4. The maximum absolute atomic E-state index is 12.1. The molecule has 9 heteroatoms. The van der Waals surface area contributed by atoms with Crippen molar-refractivity contribution in [3.8, 4) is 5.75 Å². The molecule has 0 bridgehead atoms. The molecule has 0 saturated heterocycles. The van der Waals surface area contributed by atoms with Crippen LogP contribution in [0.3, 0.4) is 0 Å². The van der Waals surface area contributed by atoms with Gasteiger partial charge in [0.15, 0.2) is 6.10 Å². The van der Waals surface area contributed by atoms with Crippen LogP contribution in [0, 0.1) is 0 Å². The van der Waals surface area contributed by atoms with Gasteiger partial charge in [-0.25, -0.2) is 4.79 Å². The van der Waals surface area contributed by atoms with E-state index in [1.807, 2.05) is 0 Å². The molecule has 0 aliphatic rings. The zero-order valence-electron chi connectivity index (χ0n) is 14.5. The van der Waals surface area contributed by atoms with Crippen LogP contribution in [-0.4, -0.2) is 24.6 Å². The lowest BCUT2D eigenvalue weighted by Crippen LogP contribution is -2.29. The fourth-order valence-electron chi connectivity index (χ4n) is 2.06. The number of ether oxygens (including phenoxy) is 2. The summed E-state index contributed by atoms with van der Waals surface area (Å²) in [6.45, 7) is -1.50. The van der Waals surface area contributed by atoms with Gasteiger partial charge in [0.1, 0.15) is 5.75 Å². The predicted molar refractivity (Wildman–Crippen MR) is 103 cm³/mol. The average Bonchev–Trinajstić information content (AvgIpc) is 2.59. The maximum atomic E-state index is 12.1. The zero-order chi connectivity index (χ0) is 20.7. The van der Waals surface area contributed by atoms with Gasteiger partial charge in [0.2, 0.25) is 0 Å². The molecular formula is C19H15Cl2F2NO4. The van der Waals surface area contributed by atoms with Crippen LogP contribution >= 0.6 is 23.2 Å². The monoisotopic (exact) mass is 429 g/mol. The lowest BCUT2D eigenvalue weighted by Gasteiger charge is -2.12. The Bertz CT molecular complexity index is 852. The first-order valence-electron chi connectivity index (χ1n) is 7.93. The van der Waals surface area contributed by atoms with E-state index in [1.54, 1.807) is 0 Å². The number of carbonyl (C=O) groups is 2. The molecule has 1 amide bonds. The molecule has 1 unspecified atom stereocenters. The highest BCUT2D eigenvalue weighted by Crippen LogP contribution is 2.22. The highest BCUT2D eigenvalue weighted by molar-refractivity contribution is 6.35. The second-order valence-electron chi connectivity index (χ2n) is 5.51. The second-order valence-corrected chi connectivity index (χ2v) is 6.38. The summed E-state index contributed by atoms with van der Waals surface area (Å²) in [5, 5.41) is 3.24. The van der Waals surface area contributed by atoms with Gasteiger partial charge >= 0.3 is 12.6 Å². The number of amides is 1. The SMILES string of the molecule is CC(OC(=O)C=Cc1ccc(OC(F)F)cc1)C(=O)Nc1cc(Cl)cc(Cl)c1. The van der Waals surface area contributed by atoms with E-state index in [4.69, 9.17) is 27.9 Å². The number of rotatable bonds is 7. The molecule has 2 aromatic rings. The Labute approximate surface area is 169 Å². The Hall–Kier alpha value is -2.64. The lowest BCUT2D eigenvalue weighted by molar-refractivity contribution is -0.148. The first kappa shape index (κ1) is 21.7. The molecule has 5 nitrogen and oxygen atoms in total. The second kappa shape index (κ2) is 10.1. The van der Waals surface area contributed by atoms with Gasteiger partial charge in [0, 0.05) is 21.8 Å². The van der Waals surface area contributed by atoms with Crippen LogP contribution in [-0.2, 0) is 14.3 Å². The summed E-state index contributed by atoms with van der Waals surface area (Å²) in [4.78, 5) is 23.9. The largest absolute Gasteiger partial charge is 0.449 e. The summed E-state index contributed by atoms with van der Waals surface area (Å²) < 4.78 is 33.4. The van der Waals surface area contributed by atoms with E-state index in [1.165, 1.54) is 55.5 Å². The summed E-state index contributed by atoms with van der Waals surface area (Å²) in [5.74, 6) is -1.31. The van der Waals surface area contributed by atoms with Gasteiger partial charge in [-0.05, 0) is 48.9 Å². The number of hydrogen-bond donors (Lipinski definition) is 1. The minimum absolute atomic E-state index is 0.00105. The molecule has 148 valence electrons. The molecule has 0 saturated carbocycles. The first-order valence-corrected chi connectivity index (χ1v) is 8.69. The van der Waals surface area contributed by atoms with Gasteiger partial charge in [-0.3, -0.25) is 4.79 Å². The topological polar surface area (TPSA) is 64.6 Å². The van der Waals surface area contributed by atoms with Crippen molar-refractivity contribution >= 4 is 46.8 Å². The van der Waals surface area contributed by atoms with Crippen LogP contribution in [0.1, 0.15) is 12.5 Å². The van der Waals surface area contributed by atoms with Crippen LogP contribution in [0.15, 0.2) is 48.5 Å². The molecule has 0 radical (unpaired) electrons. The average molecular weight is 430 g/mol. The Morgan fingerprint density at radius 3 is 2.25 bits per heavy atom. The van der Waals surface area contributed by atoms with E-state index in [0.29, 0.717) is 21.3 Å². The van der Waals surface area contributed by atoms with Crippen LogP contribution in [0.5, 0.6) is 5.75 Å². The quantitative estimate of drug-likeness (QED) is 0.486. The molecule has 2 rings (SSSR count). The molecule has 0 fully saturated rings. The molecule has 0 heterocycles. The summed E-state index contributed by atoms with van der Waals surface area (Å²) >= 11 is 11.7. The summed E-state index contributed by atoms with van der Waals surface area (Å²) in [6.07, 6.45) is 1.45. The minimum Gasteiger partial charge on any atom is -0.449 e. The van der Waals surface area contributed by atoms with Crippen molar-refractivity contribution in [2.45, 2.75) is 19.6 Å². The van der Waals surface area contributed by atoms with Crippen molar-refractivity contribution in [1.82, 2.24) is 0 Å². The first-order chi connectivity index (χ1) is 13.2. The molecule has 28 heavy (non-hydrogen) atoms. The van der Waals surface area contributed by atoms with E-state index in [2.05, 4.69) is 10.1 Å². The Morgan fingerprint density at radius 2 is 1.68 bits per heavy atom. The highest BCUT2D eigenvalue weighted by atomic mass is 35.5. The third kappa shape index (κ3) is 7.17. The van der Waals surface area contributed by atoms with Gasteiger partial charge < -0.3 is 14.8 Å². The van der Waals surface area contributed by atoms with Gasteiger partial charge in [0.05, 0.1) is 0 Å². The summed E-state index contributed by atoms with van der Waals surface area (Å²) in [5.41, 5.74) is 0.927. The van der Waals surface area contributed by atoms with Crippen LogP contribution in [0.25, 0.3) is 6.08 Å². The normalized spacial score (nSPS) is 12.1. The van der Waals surface area contributed by atoms with Gasteiger partial charge in [-0.1, -0.05) is 35.3 Å². The zero-order valence-corrected chi connectivity index (χ0v) is 16.0. The van der Waals surface area contributed by atoms with E-state index in [0.717, 1.165) is 6.08 Å². The Balaban J connectivity index is 1.88. The van der Waals surface area contributed by atoms with Crippen LogP contribution in [0.4, 0.5) is 14.5 Å². The summed E-state index contributed by atoms with van der Waals surface area (Å²) in [6, 6.07) is 10.2. The van der Waals surface area contributed by atoms with E-state index in [9.17, 15) is 18.4 Å². The standard InChI is InChI=1S/C19H15Cl2F2NO4/c1-11(18(26)24-15-9-13(20)8-14(21)10-15)27-17(25)7-4-12-2-5-16(6-3-12)28-19(22)23/h2-11,19H,1H3,(H,24,26). The molecule has 0 spiro atoms. The number of anilines is 1. The number of benzene rings is 2. The smallest absolute Gasteiger partial charge is 0.387 e. The number of nitrogens with one attached hydrogen (secondary N) is 1. The number of alkyl halides is 2. The molecule has 2 aromatic carbocycles. The maximum Gasteiger partial charge on any atom is 0.387 e. The third-order valence-electron chi connectivity index (χ3n) is 3.31. The summed E-state index contributed by atoms with van der Waals surface area (Å²) in [7, 11) is 0.